The maximum absolute atomic E-state index is 11.6. The lowest BCUT2D eigenvalue weighted by molar-refractivity contribution is -0.385. The molecule has 3 N–H and O–H groups in total. The Morgan fingerprint density at radius 1 is 1.48 bits per heavy atom. The summed E-state index contributed by atoms with van der Waals surface area (Å²) in [7, 11) is 1.51. The smallest absolute Gasteiger partial charge is 0.342 e. The highest BCUT2D eigenvalue weighted by molar-refractivity contribution is 5.93. The molecule has 0 aliphatic carbocycles. The third-order valence-electron chi connectivity index (χ3n) is 2.86. The monoisotopic (exact) mass is 296 g/mol. The molecular weight excluding hydrogens is 280 g/mol. The SMILES string of the molecule is CNC(=O)C(C)(C)CNc1cc(C(=O)O)c([N+](=O)[O-])cn1. The number of hydrogen-bond donors (Lipinski definition) is 3. The van der Waals surface area contributed by atoms with E-state index in [-0.39, 0.29) is 18.3 Å². The molecule has 0 aromatic carbocycles. The number of aromatic carboxylic acids is 1. The average Bonchev–Trinajstić information content (AvgIpc) is 2.43. The van der Waals surface area contributed by atoms with E-state index in [9.17, 15) is 19.7 Å². The molecule has 0 unspecified atom stereocenters. The first-order valence-corrected chi connectivity index (χ1v) is 6.03. The number of pyridine rings is 1. The van der Waals surface area contributed by atoms with Crippen molar-refractivity contribution in [3.8, 4) is 0 Å². The first-order chi connectivity index (χ1) is 9.69. The summed E-state index contributed by atoms with van der Waals surface area (Å²) in [5, 5.41) is 25.0. The van der Waals surface area contributed by atoms with Gasteiger partial charge < -0.3 is 15.7 Å². The van der Waals surface area contributed by atoms with Gasteiger partial charge in [0.2, 0.25) is 5.91 Å². The van der Waals surface area contributed by atoms with Crippen molar-refractivity contribution < 1.29 is 19.6 Å². The minimum absolute atomic E-state index is 0.148. The second kappa shape index (κ2) is 6.16. The highest BCUT2D eigenvalue weighted by Crippen LogP contribution is 2.22. The van der Waals surface area contributed by atoms with E-state index in [4.69, 9.17) is 5.11 Å². The fraction of sp³-hybridized carbons (Fsp3) is 0.417. The second-order valence-corrected chi connectivity index (χ2v) is 4.97. The van der Waals surface area contributed by atoms with Crippen molar-refractivity contribution >= 4 is 23.4 Å². The summed E-state index contributed by atoms with van der Waals surface area (Å²) in [6, 6.07) is 1.07. The molecular formula is C12H16N4O5. The van der Waals surface area contributed by atoms with Crippen LogP contribution in [-0.4, -0.2) is 40.5 Å². The quantitative estimate of drug-likeness (QED) is 0.523. The van der Waals surface area contributed by atoms with E-state index < -0.39 is 27.6 Å². The Balaban J connectivity index is 2.96. The Kier molecular flexibility index (Phi) is 4.79. The zero-order chi connectivity index (χ0) is 16.2. The Labute approximate surface area is 120 Å². The van der Waals surface area contributed by atoms with Crippen LogP contribution in [0.2, 0.25) is 0 Å². The number of nitrogens with one attached hydrogen (secondary N) is 2. The van der Waals surface area contributed by atoms with Crippen molar-refractivity contribution in [2.24, 2.45) is 5.41 Å². The van der Waals surface area contributed by atoms with Crippen LogP contribution in [0.3, 0.4) is 0 Å². The van der Waals surface area contributed by atoms with Gasteiger partial charge in [-0.3, -0.25) is 14.9 Å². The molecule has 0 fully saturated rings. The normalized spacial score (nSPS) is 10.8. The number of anilines is 1. The van der Waals surface area contributed by atoms with Crippen molar-refractivity contribution in [2.75, 3.05) is 18.9 Å². The molecule has 9 nitrogen and oxygen atoms in total. The topological polar surface area (TPSA) is 134 Å². The van der Waals surface area contributed by atoms with Gasteiger partial charge in [-0.25, -0.2) is 9.78 Å². The van der Waals surface area contributed by atoms with Crippen LogP contribution in [0.15, 0.2) is 12.3 Å². The number of rotatable bonds is 6. The molecule has 0 spiro atoms. The summed E-state index contributed by atoms with van der Waals surface area (Å²) < 4.78 is 0. The first-order valence-electron chi connectivity index (χ1n) is 6.03. The van der Waals surface area contributed by atoms with E-state index in [1.54, 1.807) is 13.8 Å². The Hall–Kier alpha value is -2.71. The van der Waals surface area contributed by atoms with Crippen molar-refractivity contribution in [3.63, 3.8) is 0 Å². The lowest BCUT2D eigenvalue weighted by Crippen LogP contribution is -2.39. The van der Waals surface area contributed by atoms with Crippen LogP contribution >= 0.6 is 0 Å². The van der Waals surface area contributed by atoms with Gasteiger partial charge in [0, 0.05) is 19.7 Å². The zero-order valence-electron chi connectivity index (χ0n) is 11.8. The fourth-order valence-corrected chi connectivity index (χ4v) is 1.59. The van der Waals surface area contributed by atoms with E-state index >= 15 is 0 Å². The molecule has 0 saturated heterocycles. The molecule has 0 aliphatic rings. The third kappa shape index (κ3) is 3.88. The molecule has 9 heteroatoms. The van der Waals surface area contributed by atoms with E-state index in [0.29, 0.717) is 0 Å². The fourth-order valence-electron chi connectivity index (χ4n) is 1.59. The summed E-state index contributed by atoms with van der Waals surface area (Å²) in [5.41, 5.74) is -1.80. The van der Waals surface area contributed by atoms with Crippen LogP contribution in [0.25, 0.3) is 0 Å². The van der Waals surface area contributed by atoms with Gasteiger partial charge in [-0.15, -0.1) is 0 Å². The number of nitro groups is 1. The molecule has 114 valence electrons. The molecule has 1 aromatic heterocycles. The second-order valence-electron chi connectivity index (χ2n) is 4.97. The van der Waals surface area contributed by atoms with Gasteiger partial charge >= 0.3 is 11.7 Å². The van der Waals surface area contributed by atoms with Crippen LogP contribution in [0, 0.1) is 15.5 Å². The predicted octanol–water partition coefficient (Wildman–Crippen LogP) is 0.872. The summed E-state index contributed by atoms with van der Waals surface area (Å²) in [4.78, 5) is 36.3. The third-order valence-corrected chi connectivity index (χ3v) is 2.86. The maximum atomic E-state index is 11.6. The highest BCUT2D eigenvalue weighted by Gasteiger charge is 2.27. The lowest BCUT2D eigenvalue weighted by Gasteiger charge is -2.23. The Bertz CT molecular complexity index is 585. The molecule has 0 bridgehead atoms. The molecule has 21 heavy (non-hydrogen) atoms. The molecule has 1 heterocycles. The minimum Gasteiger partial charge on any atom is -0.477 e. The van der Waals surface area contributed by atoms with Crippen LogP contribution < -0.4 is 10.6 Å². The van der Waals surface area contributed by atoms with Gasteiger partial charge in [-0.05, 0) is 13.8 Å². The molecule has 0 saturated carbocycles. The van der Waals surface area contributed by atoms with Gasteiger partial charge in [-0.1, -0.05) is 0 Å². The molecule has 1 amide bonds. The lowest BCUT2D eigenvalue weighted by atomic mass is 9.92. The van der Waals surface area contributed by atoms with Gasteiger partial charge in [0.15, 0.2) is 0 Å². The van der Waals surface area contributed by atoms with Gasteiger partial charge in [0.05, 0.1) is 10.3 Å². The number of amides is 1. The molecule has 0 radical (unpaired) electrons. The van der Waals surface area contributed by atoms with E-state index in [1.165, 1.54) is 7.05 Å². The number of carbonyl (C=O) groups excluding carboxylic acids is 1. The Morgan fingerprint density at radius 2 is 2.10 bits per heavy atom. The predicted molar refractivity (Wildman–Crippen MR) is 74.2 cm³/mol. The zero-order valence-corrected chi connectivity index (χ0v) is 11.8. The molecule has 0 aliphatic heterocycles. The van der Waals surface area contributed by atoms with Gasteiger partial charge in [-0.2, -0.15) is 0 Å². The van der Waals surface area contributed by atoms with Crippen LogP contribution in [-0.2, 0) is 4.79 Å². The minimum atomic E-state index is -1.42. The standard InChI is InChI=1S/C12H16N4O5/c1-12(2,11(19)13-3)6-15-9-4-7(10(17)18)8(5-14-9)16(20)21/h4-5H,6H2,1-3H3,(H,13,19)(H,14,15)(H,17,18). The van der Waals surface area contributed by atoms with Crippen molar-refractivity contribution in [3.05, 3.63) is 27.9 Å². The van der Waals surface area contributed by atoms with Gasteiger partial charge in [0.1, 0.15) is 17.6 Å². The summed E-state index contributed by atoms with van der Waals surface area (Å²) in [6.45, 7) is 3.58. The van der Waals surface area contributed by atoms with E-state index in [1.807, 2.05) is 0 Å². The number of hydrogen-bond acceptors (Lipinski definition) is 6. The van der Waals surface area contributed by atoms with E-state index in [0.717, 1.165) is 12.3 Å². The summed E-state index contributed by atoms with van der Waals surface area (Å²) in [5.74, 6) is -1.47. The summed E-state index contributed by atoms with van der Waals surface area (Å²) in [6.07, 6.45) is 0.874. The van der Waals surface area contributed by atoms with Gasteiger partial charge in [0.25, 0.3) is 0 Å². The number of carbonyl (C=O) groups is 2. The highest BCUT2D eigenvalue weighted by atomic mass is 16.6. The number of carboxylic acid groups (broad SMARTS) is 1. The summed E-state index contributed by atoms with van der Waals surface area (Å²) >= 11 is 0. The number of aromatic nitrogens is 1. The average molecular weight is 296 g/mol. The van der Waals surface area contributed by atoms with E-state index in [2.05, 4.69) is 15.6 Å². The van der Waals surface area contributed by atoms with Crippen LogP contribution in [0.4, 0.5) is 11.5 Å². The largest absolute Gasteiger partial charge is 0.477 e. The molecule has 1 rings (SSSR count). The van der Waals surface area contributed by atoms with Crippen LogP contribution in [0.5, 0.6) is 0 Å². The van der Waals surface area contributed by atoms with Crippen molar-refractivity contribution in [1.29, 1.82) is 0 Å². The number of carboxylic acids is 1. The molecule has 0 atom stereocenters. The number of nitrogens with zero attached hydrogens (tertiary/aromatic N) is 2. The molecule has 1 aromatic rings. The maximum Gasteiger partial charge on any atom is 0.342 e. The Morgan fingerprint density at radius 3 is 2.57 bits per heavy atom. The van der Waals surface area contributed by atoms with Crippen LogP contribution in [0.1, 0.15) is 24.2 Å². The van der Waals surface area contributed by atoms with Crippen molar-refractivity contribution in [2.45, 2.75) is 13.8 Å². The first kappa shape index (κ1) is 16.3. The van der Waals surface area contributed by atoms with Crippen molar-refractivity contribution in [1.82, 2.24) is 10.3 Å².